The van der Waals surface area contributed by atoms with Gasteiger partial charge in [-0.2, -0.15) is 0 Å². The fourth-order valence-corrected chi connectivity index (χ4v) is 3.29. The minimum absolute atomic E-state index is 0.0809. The monoisotopic (exact) mass is 449 g/mol. The predicted molar refractivity (Wildman–Crippen MR) is 113 cm³/mol. The Bertz CT molecular complexity index is 924. The number of nitrogens with zero attached hydrogens (tertiary/aromatic N) is 1. The number of pyridine rings is 1. The van der Waals surface area contributed by atoms with E-state index in [-0.39, 0.29) is 24.8 Å². The van der Waals surface area contributed by atoms with Gasteiger partial charge in [0.1, 0.15) is 6.10 Å². The van der Waals surface area contributed by atoms with Gasteiger partial charge in [0.25, 0.3) is 5.91 Å². The van der Waals surface area contributed by atoms with Crippen molar-refractivity contribution in [1.82, 2.24) is 15.6 Å². The molecule has 0 unspecified atom stereocenters. The smallest absolute Gasteiger partial charge is 0.253 e. The number of nitrogens with one attached hydrogen (secondary N) is 2. The van der Waals surface area contributed by atoms with E-state index in [1.165, 1.54) is 6.20 Å². The summed E-state index contributed by atoms with van der Waals surface area (Å²) in [6.07, 6.45) is 5.38. The van der Waals surface area contributed by atoms with Crippen LogP contribution < -0.4 is 10.6 Å². The summed E-state index contributed by atoms with van der Waals surface area (Å²) in [5, 5.41) is 16.1. The number of aliphatic hydroxyl groups is 1. The third-order valence-corrected chi connectivity index (χ3v) is 5.28. The van der Waals surface area contributed by atoms with Crippen molar-refractivity contribution in [2.75, 3.05) is 6.61 Å². The Morgan fingerprint density at radius 1 is 1.17 bits per heavy atom. The van der Waals surface area contributed by atoms with E-state index < -0.39 is 18.2 Å². The quantitative estimate of drug-likeness (QED) is 0.563. The van der Waals surface area contributed by atoms with E-state index in [1.54, 1.807) is 48.7 Å². The summed E-state index contributed by atoms with van der Waals surface area (Å²) in [7, 11) is 0. The third kappa shape index (κ3) is 6.03. The molecule has 2 heterocycles. The summed E-state index contributed by atoms with van der Waals surface area (Å²) in [5.74, 6) is -0.539. The largest absolute Gasteiger partial charge is 0.394 e. The van der Waals surface area contributed by atoms with Gasteiger partial charge in [0.15, 0.2) is 0 Å². The van der Waals surface area contributed by atoms with Crippen LogP contribution in [0, 0.1) is 0 Å². The van der Waals surface area contributed by atoms with Crippen LogP contribution in [-0.2, 0) is 16.1 Å². The Balaban J connectivity index is 1.52. The maximum atomic E-state index is 12.3. The lowest BCUT2D eigenvalue weighted by atomic mass is 10.0. The number of halogens is 2. The van der Waals surface area contributed by atoms with Crippen molar-refractivity contribution in [3.05, 3.63) is 76.0 Å². The number of hydrogen-bond donors (Lipinski definition) is 3. The Hall–Kier alpha value is -2.45. The molecule has 0 radical (unpaired) electrons. The highest BCUT2D eigenvalue weighted by molar-refractivity contribution is 6.42. The number of carbonyl (C=O) groups is 2. The number of benzene rings is 1. The highest BCUT2D eigenvalue weighted by atomic mass is 35.5. The average Bonchev–Trinajstić information content (AvgIpc) is 2.76. The Morgan fingerprint density at radius 2 is 2.00 bits per heavy atom. The molecule has 1 aliphatic heterocycles. The van der Waals surface area contributed by atoms with Crippen molar-refractivity contribution < 1.29 is 19.4 Å². The van der Waals surface area contributed by atoms with Crippen LogP contribution in [0.1, 0.15) is 22.3 Å². The molecule has 9 heteroatoms. The molecular weight excluding hydrogens is 429 g/mol. The topological polar surface area (TPSA) is 101 Å². The number of rotatable bonds is 7. The van der Waals surface area contributed by atoms with E-state index >= 15 is 0 Å². The minimum Gasteiger partial charge on any atom is -0.394 e. The summed E-state index contributed by atoms with van der Waals surface area (Å²) in [5.41, 5.74) is 1.23. The van der Waals surface area contributed by atoms with Crippen LogP contribution in [0.3, 0.4) is 0 Å². The SMILES string of the molecule is O=C(C[C@H]1C=C[C@H](NC(=O)c2cccnc2)[C@@H](CO)O1)NCc1ccc(Cl)c(Cl)c1. The normalized spacial score (nSPS) is 20.6. The molecule has 1 aromatic carbocycles. The third-order valence-electron chi connectivity index (χ3n) is 4.54. The van der Waals surface area contributed by atoms with Gasteiger partial charge in [0, 0.05) is 18.9 Å². The molecule has 0 bridgehead atoms. The van der Waals surface area contributed by atoms with Crippen molar-refractivity contribution in [3.63, 3.8) is 0 Å². The molecule has 0 spiro atoms. The number of aromatic nitrogens is 1. The van der Waals surface area contributed by atoms with Gasteiger partial charge in [0.2, 0.25) is 5.91 Å². The van der Waals surface area contributed by atoms with Crippen LogP contribution in [0.15, 0.2) is 54.9 Å². The molecule has 7 nitrogen and oxygen atoms in total. The van der Waals surface area contributed by atoms with E-state index in [4.69, 9.17) is 27.9 Å². The number of aliphatic hydroxyl groups excluding tert-OH is 1. The first-order valence-electron chi connectivity index (χ1n) is 9.32. The number of amides is 2. The first-order valence-corrected chi connectivity index (χ1v) is 10.1. The zero-order valence-electron chi connectivity index (χ0n) is 15.9. The van der Waals surface area contributed by atoms with E-state index in [1.807, 2.05) is 0 Å². The van der Waals surface area contributed by atoms with Crippen molar-refractivity contribution >= 4 is 35.0 Å². The molecule has 2 amide bonds. The molecule has 158 valence electrons. The summed E-state index contributed by atoms with van der Waals surface area (Å²) >= 11 is 11.9. The molecule has 0 saturated heterocycles. The predicted octanol–water partition coefficient (Wildman–Crippen LogP) is 2.51. The first-order chi connectivity index (χ1) is 14.5. The molecule has 0 fully saturated rings. The molecule has 0 aliphatic carbocycles. The van der Waals surface area contributed by atoms with Crippen molar-refractivity contribution in [1.29, 1.82) is 0 Å². The molecule has 1 aliphatic rings. The van der Waals surface area contributed by atoms with Gasteiger partial charge >= 0.3 is 0 Å². The molecule has 1 aromatic heterocycles. The second-order valence-electron chi connectivity index (χ2n) is 6.75. The van der Waals surface area contributed by atoms with Crippen LogP contribution in [0.2, 0.25) is 10.0 Å². The van der Waals surface area contributed by atoms with Crippen molar-refractivity contribution in [3.8, 4) is 0 Å². The van der Waals surface area contributed by atoms with Gasteiger partial charge in [-0.1, -0.05) is 41.4 Å². The van der Waals surface area contributed by atoms with Crippen LogP contribution >= 0.6 is 23.2 Å². The van der Waals surface area contributed by atoms with Gasteiger partial charge in [-0.05, 0) is 29.8 Å². The second-order valence-corrected chi connectivity index (χ2v) is 7.57. The second kappa shape index (κ2) is 10.5. The maximum Gasteiger partial charge on any atom is 0.253 e. The lowest BCUT2D eigenvalue weighted by Gasteiger charge is -2.31. The van der Waals surface area contributed by atoms with Gasteiger partial charge in [-0.15, -0.1) is 0 Å². The lowest BCUT2D eigenvalue weighted by molar-refractivity contribution is -0.125. The Kier molecular flexibility index (Phi) is 7.81. The van der Waals surface area contributed by atoms with E-state index in [0.717, 1.165) is 5.56 Å². The van der Waals surface area contributed by atoms with Crippen molar-refractivity contribution in [2.24, 2.45) is 0 Å². The van der Waals surface area contributed by atoms with Crippen LogP contribution in [0.5, 0.6) is 0 Å². The Morgan fingerprint density at radius 3 is 2.70 bits per heavy atom. The van der Waals surface area contributed by atoms with Gasteiger partial charge in [-0.3, -0.25) is 14.6 Å². The van der Waals surface area contributed by atoms with Gasteiger partial charge in [-0.25, -0.2) is 0 Å². The maximum absolute atomic E-state index is 12.3. The molecular formula is C21H21Cl2N3O4. The zero-order valence-corrected chi connectivity index (χ0v) is 17.4. The standard InChI is InChI=1S/C21H21Cl2N3O4/c22-16-5-3-13(8-17(16)23)10-25-20(28)9-15-4-6-18(19(12-27)30-15)26-21(29)14-2-1-7-24-11-14/h1-8,11,15,18-19,27H,9-10,12H2,(H,25,28)(H,26,29)/t15-,18+,19-/m1/s1. The minimum atomic E-state index is -0.663. The zero-order chi connectivity index (χ0) is 21.5. The first kappa shape index (κ1) is 22.2. The van der Waals surface area contributed by atoms with E-state index in [2.05, 4.69) is 15.6 Å². The van der Waals surface area contributed by atoms with E-state index in [0.29, 0.717) is 22.2 Å². The number of carbonyl (C=O) groups excluding carboxylic acids is 2. The molecule has 3 rings (SSSR count). The van der Waals surface area contributed by atoms with Crippen LogP contribution in [0.25, 0.3) is 0 Å². The summed E-state index contributed by atoms with van der Waals surface area (Å²) in [6, 6.07) is 7.94. The summed E-state index contributed by atoms with van der Waals surface area (Å²) in [4.78, 5) is 28.5. The molecule has 2 aromatic rings. The lowest BCUT2D eigenvalue weighted by Crippen LogP contribution is -2.49. The number of ether oxygens (including phenoxy) is 1. The van der Waals surface area contributed by atoms with Crippen molar-refractivity contribution in [2.45, 2.75) is 31.2 Å². The number of hydrogen-bond acceptors (Lipinski definition) is 5. The van der Waals surface area contributed by atoms with E-state index in [9.17, 15) is 14.7 Å². The Labute approximate surface area is 184 Å². The highest BCUT2D eigenvalue weighted by Gasteiger charge is 2.29. The van der Waals surface area contributed by atoms with Gasteiger partial charge in [0.05, 0.1) is 40.8 Å². The van der Waals surface area contributed by atoms with Crippen LogP contribution in [0.4, 0.5) is 0 Å². The summed E-state index contributed by atoms with van der Waals surface area (Å²) in [6.45, 7) is 0.00307. The fourth-order valence-electron chi connectivity index (χ4n) is 2.97. The highest BCUT2D eigenvalue weighted by Crippen LogP contribution is 2.22. The fraction of sp³-hybridized carbons (Fsp3) is 0.286. The average molecular weight is 450 g/mol. The summed E-state index contributed by atoms with van der Waals surface area (Å²) < 4.78 is 5.78. The molecule has 0 saturated carbocycles. The van der Waals surface area contributed by atoms with Crippen LogP contribution in [-0.4, -0.2) is 46.8 Å². The molecule has 30 heavy (non-hydrogen) atoms. The molecule has 3 atom stereocenters. The molecule has 3 N–H and O–H groups in total. The van der Waals surface area contributed by atoms with Gasteiger partial charge < -0.3 is 20.5 Å².